The molecule has 126 valence electrons. The SMILES string of the molecule is COc1cc2ncnc3c2c(c1OC)C=C(C)N3c1cccc(Br)c1. The van der Waals surface area contributed by atoms with E-state index in [-0.39, 0.29) is 0 Å². The molecule has 2 aromatic carbocycles. The number of nitrogens with zero attached hydrogens (tertiary/aromatic N) is 3. The highest BCUT2D eigenvalue weighted by molar-refractivity contribution is 9.10. The Morgan fingerprint density at radius 2 is 1.92 bits per heavy atom. The molecular weight excluding hydrogens is 382 g/mol. The van der Waals surface area contributed by atoms with Gasteiger partial charge in [-0.3, -0.25) is 4.90 Å². The second kappa shape index (κ2) is 6.04. The number of allylic oxidation sites excluding steroid dienone is 1. The van der Waals surface area contributed by atoms with E-state index in [4.69, 9.17) is 9.47 Å². The summed E-state index contributed by atoms with van der Waals surface area (Å²) in [5.74, 6) is 2.19. The first-order valence-corrected chi connectivity index (χ1v) is 8.57. The monoisotopic (exact) mass is 397 g/mol. The molecule has 1 aromatic heterocycles. The first kappa shape index (κ1) is 15.9. The predicted molar refractivity (Wildman–Crippen MR) is 103 cm³/mol. The van der Waals surface area contributed by atoms with Gasteiger partial charge >= 0.3 is 0 Å². The highest BCUT2D eigenvalue weighted by Crippen LogP contribution is 2.46. The minimum Gasteiger partial charge on any atom is -0.493 e. The van der Waals surface area contributed by atoms with Crippen LogP contribution in [-0.2, 0) is 0 Å². The highest BCUT2D eigenvalue weighted by Gasteiger charge is 2.26. The van der Waals surface area contributed by atoms with E-state index in [0.29, 0.717) is 11.5 Å². The summed E-state index contributed by atoms with van der Waals surface area (Å²) in [6, 6.07) is 10.0. The van der Waals surface area contributed by atoms with Gasteiger partial charge in [0.1, 0.15) is 12.1 Å². The van der Waals surface area contributed by atoms with Crippen molar-refractivity contribution in [1.29, 1.82) is 0 Å². The number of methoxy groups -OCH3 is 2. The first-order chi connectivity index (χ1) is 12.1. The molecule has 0 unspecified atom stereocenters. The molecule has 0 saturated carbocycles. The van der Waals surface area contributed by atoms with Crippen molar-refractivity contribution in [2.75, 3.05) is 19.1 Å². The van der Waals surface area contributed by atoms with Crippen molar-refractivity contribution in [2.24, 2.45) is 0 Å². The lowest BCUT2D eigenvalue weighted by molar-refractivity contribution is 0.355. The number of hydrogen-bond acceptors (Lipinski definition) is 5. The Bertz CT molecular complexity index is 1020. The topological polar surface area (TPSA) is 47.5 Å². The predicted octanol–water partition coefficient (Wildman–Crippen LogP) is 4.92. The van der Waals surface area contributed by atoms with Crippen LogP contribution < -0.4 is 14.4 Å². The lowest BCUT2D eigenvalue weighted by Gasteiger charge is -2.30. The second-order valence-corrected chi connectivity index (χ2v) is 6.63. The summed E-state index contributed by atoms with van der Waals surface area (Å²) >= 11 is 3.54. The van der Waals surface area contributed by atoms with Gasteiger partial charge in [-0.2, -0.15) is 0 Å². The molecule has 1 aliphatic rings. The summed E-state index contributed by atoms with van der Waals surface area (Å²) < 4.78 is 12.1. The molecule has 0 atom stereocenters. The summed E-state index contributed by atoms with van der Waals surface area (Å²) in [5.41, 5.74) is 3.83. The molecule has 0 bridgehead atoms. The van der Waals surface area contributed by atoms with E-state index in [2.05, 4.69) is 55.9 Å². The summed E-state index contributed by atoms with van der Waals surface area (Å²) in [4.78, 5) is 11.1. The van der Waals surface area contributed by atoms with Crippen LogP contribution in [0.2, 0.25) is 0 Å². The number of aromatic nitrogens is 2. The van der Waals surface area contributed by atoms with Gasteiger partial charge in [0, 0.05) is 27.5 Å². The molecule has 0 saturated heterocycles. The molecule has 0 amide bonds. The average Bonchev–Trinajstić information content (AvgIpc) is 2.61. The lowest BCUT2D eigenvalue weighted by atomic mass is 10.0. The maximum absolute atomic E-state index is 5.61. The molecule has 0 fully saturated rings. The third kappa shape index (κ3) is 2.44. The number of hydrogen-bond donors (Lipinski definition) is 0. The molecule has 5 nitrogen and oxygen atoms in total. The number of ether oxygens (including phenoxy) is 2. The van der Waals surface area contributed by atoms with Gasteiger partial charge < -0.3 is 9.47 Å². The van der Waals surface area contributed by atoms with Crippen LogP contribution in [0.3, 0.4) is 0 Å². The van der Waals surface area contributed by atoms with Gasteiger partial charge in [0.05, 0.1) is 25.1 Å². The zero-order valence-electron chi connectivity index (χ0n) is 14.1. The van der Waals surface area contributed by atoms with E-state index in [9.17, 15) is 0 Å². The fraction of sp³-hybridized carbons (Fsp3) is 0.158. The number of benzene rings is 2. The largest absolute Gasteiger partial charge is 0.493 e. The van der Waals surface area contributed by atoms with Gasteiger partial charge in [0.15, 0.2) is 11.5 Å². The number of anilines is 2. The first-order valence-electron chi connectivity index (χ1n) is 7.77. The molecule has 0 aliphatic carbocycles. The van der Waals surface area contributed by atoms with Crippen molar-refractivity contribution in [3.05, 3.63) is 52.4 Å². The van der Waals surface area contributed by atoms with Crippen molar-refractivity contribution >= 4 is 44.4 Å². The Morgan fingerprint density at radius 3 is 2.64 bits per heavy atom. The number of halogens is 1. The van der Waals surface area contributed by atoms with Crippen LogP contribution in [-0.4, -0.2) is 24.2 Å². The minimum atomic E-state index is 0.662. The van der Waals surface area contributed by atoms with Crippen LogP contribution >= 0.6 is 15.9 Å². The van der Waals surface area contributed by atoms with Gasteiger partial charge in [-0.05, 0) is 31.2 Å². The molecule has 3 aromatic rings. The van der Waals surface area contributed by atoms with Crippen molar-refractivity contribution < 1.29 is 9.47 Å². The maximum atomic E-state index is 5.61. The zero-order valence-corrected chi connectivity index (χ0v) is 15.7. The fourth-order valence-electron chi connectivity index (χ4n) is 3.24. The molecule has 0 spiro atoms. The van der Waals surface area contributed by atoms with Crippen LogP contribution in [0.5, 0.6) is 11.5 Å². The van der Waals surface area contributed by atoms with Crippen LogP contribution in [0.25, 0.3) is 17.0 Å². The fourth-order valence-corrected chi connectivity index (χ4v) is 3.63. The highest BCUT2D eigenvalue weighted by atomic mass is 79.9. The summed E-state index contributed by atoms with van der Waals surface area (Å²) in [6.07, 6.45) is 3.66. The van der Waals surface area contributed by atoms with E-state index in [1.807, 2.05) is 18.2 Å². The Hall–Kier alpha value is -2.60. The maximum Gasteiger partial charge on any atom is 0.168 e. The van der Waals surface area contributed by atoms with Gasteiger partial charge in [0.25, 0.3) is 0 Å². The van der Waals surface area contributed by atoms with Crippen LogP contribution in [0.1, 0.15) is 12.5 Å². The molecule has 25 heavy (non-hydrogen) atoms. The summed E-state index contributed by atoms with van der Waals surface area (Å²) in [5, 5.41) is 0.950. The Labute approximate surface area is 154 Å². The molecule has 1 aliphatic heterocycles. The quantitative estimate of drug-likeness (QED) is 0.627. The van der Waals surface area contributed by atoms with E-state index >= 15 is 0 Å². The second-order valence-electron chi connectivity index (χ2n) is 5.72. The normalized spacial score (nSPS) is 13.0. The molecule has 0 N–H and O–H groups in total. The molecule has 6 heteroatoms. The van der Waals surface area contributed by atoms with Crippen LogP contribution in [0, 0.1) is 0 Å². The van der Waals surface area contributed by atoms with Crippen molar-refractivity contribution in [1.82, 2.24) is 9.97 Å². The van der Waals surface area contributed by atoms with E-state index < -0.39 is 0 Å². The number of rotatable bonds is 3. The molecule has 0 radical (unpaired) electrons. The van der Waals surface area contributed by atoms with E-state index in [1.165, 1.54) is 0 Å². The van der Waals surface area contributed by atoms with Crippen LogP contribution in [0.4, 0.5) is 11.5 Å². The van der Waals surface area contributed by atoms with Crippen molar-refractivity contribution in [3.63, 3.8) is 0 Å². The lowest BCUT2D eigenvalue weighted by Crippen LogP contribution is -2.19. The van der Waals surface area contributed by atoms with Gasteiger partial charge in [0.2, 0.25) is 0 Å². The van der Waals surface area contributed by atoms with Crippen LogP contribution in [0.15, 0.2) is 46.8 Å². The van der Waals surface area contributed by atoms with Gasteiger partial charge in [-0.1, -0.05) is 22.0 Å². The smallest absolute Gasteiger partial charge is 0.168 e. The van der Waals surface area contributed by atoms with E-state index in [1.54, 1.807) is 20.5 Å². The zero-order chi connectivity index (χ0) is 17.6. The third-order valence-electron chi connectivity index (χ3n) is 4.27. The minimum absolute atomic E-state index is 0.662. The van der Waals surface area contributed by atoms with Gasteiger partial charge in [-0.15, -0.1) is 0 Å². The summed E-state index contributed by atoms with van der Waals surface area (Å²) in [7, 11) is 3.28. The Balaban J connectivity index is 2.05. The van der Waals surface area contributed by atoms with Gasteiger partial charge in [-0.25, -0.2) is 9.97 Å². The Kier molecular flexibility index (Phi) is 3.84. The van der Waals surface area contributed by atoms with E-state index in [0.717, 1.165) is 38.1 Å². The Morgan fingerprint density at radius 1 is 1.08 bits per heavy atom. The molecular formula is C19H16BrN3O2. The molecule has 2 heterocycles. The summed E-state index contributed by atoms with van der Waals surface area (Å²) in [6.45, 7) is 2.05. The van der Waals surface area contributed by atoms with Crippen molar-refractivity contribution in [3.8, 4) is 11.5 Å². The van der Waals surface area contributed by atoms with Crippen molar-refractivity contribution in [2.45, 2.75) is 6.92 Å². The standard InChI is InChI=1S/C19H16BrN3O2/c1-11-7-14-17-15(9-16(24-2)18(14)25-3)21-10-22-19(17)23(11)13-6-4-5-12(20)8-13/h4-10H,1-3H3. The average molecular weight is 398 g/mol. The third-order valence-corrected chi connectivity index (χ3v) is 4.76. The molecule has 4 rings (SSSR count).